The summed E-state index contributed by atoms with van der Waals surface area (Å²) in [6.07, 6.45) is 8.75. The van der Waals surface area contributed by atoms with E-state index in [4.69, 9.17) is 17.0 Å². The third-order valence-electron chi connectivity index (χ3n) is 7.29. The van der Waals surface area contributed by atoms with Crippen LogP contribution in [0.5, 0.6) is 5.75 Å². The first-order valence-electron chi connectivity index (χ1n) is 12.9. The van der Waals surface area contributed by atoms with E-state index >= 15 is 0 Å². The summed E-state index contributed by atoms with van der Waals surface area (Å²) in [4.78, 5) is 18.2. The Balaban J connectivity index is 1.38. The van der Waals surface area contributed by atoms with Crippen LogP contribution in [0.1, 0.15) is 59.5 Å². The number of aromatic carboxylic acids is 1. The van der Waals surface area contributed by atoms with Crippen LogP contribution in [0.15, 0.2) is 91.3 Å². The Morgan fingerprint density at radius 2 is 1.68 bits per heavy atom. The van der Waals surface area contributed by atoms with E-state index in [1.807, 2.05) is 54.7 Å². The van der Waals surface area contributed by atoms with Gasteiger partial charge in [0.2, 0.25) is 0 Å². The van der Waals surface area contributed by atoms with Crippen molar-refractivity contribution in [1.29, 1.82) is 0 Å². The van der Waals surface area contributed by atoms with Crippen molar-refractivity contribution < 1.29 is 14.6 Å². The highest BCUT2D eigenvalue weighted by atomic mass is 32.1. The SMILES string of the molecule is O=C(O)c1ccc(-n2cccc2C2C(c3ccccn3)NC(=S)N2c2ccc(OC3CCCC3)cc2)cc1. The zero-order valence-electron chi connectivity index (χ0n) is 20.7. The van der Waals surface area contributed by atoms with E-state index < -0.39 is 5.97 Å². The molecule has 2 N–H and O–H groups in total. The Bertz CT molecular complexity index is 1430. The van der Waals surface area contributed by atoms with Gasteiger partial charge in [0, 0.05) is 29.5 Å². The molecule has 6 rings (SSSR count). The van der Waals surface area contributed by atoms with E-state index in [9.17, 15) is 9.90 Å². The van der Waals surface area contributed by atoms with Crippen molar-refractivity contribution in [2.45, 2.75) is 43.9 Å². The predicted octanol–water partition coefficient (Wildman–Crippen LogP) is 6.07. The fourth-order valence-electron chi connectivity index (χ4n) is 5.45. The van der Waals surface area contributed by atoms with Gasteiger partial charge in [-0.25, -0.2) is 4.79 Å². The van der Waals surface area contributed by atoms with Gasteiger partial charge in [-0.3, -0.25) is 4.98 Å². The number of benzene rings is 2. The van der Waals surface area contributed by atoms with Crippen molar-refractivity contribution >= 4 is 29.0 Å². The highest BCUT2D eigenvalue weighted by Crippen LogP contribution is 2.42. The van der Waals surface area contributed by atoms with Gasteiger partial charge in [-0.05, 0) is 111 Å². The van der Waals surface area contributed by atoms with Crippen LogP contribution < -0.4 is 15.0 Å². The zero-order valence-corrected chi connectivity index (χ0v) is 21.6. The number of thiocarbonyl (C=S) groups is 1. The second-order valence-electron chi connectivity index (χ2n) is 9.67. The highest BCUT2D eigenvalue weighted by Gasteiger charge is 2.42. The van der Waals surface area contributed by atoms with Crippen molar-refractivity contribution in [3.05, 3.63) is 108 Å². The van der Waals surface area contributed by atoms with Gasteiger partial charge >= 0.3 is 5.97 Å². The number of rotatable bonds is 7. The molecular formula is C30H28N4O3S. The van der Waals surface area contributed by atoms with Crippen LogP contribution in [0.3, 0.4) is 0 Å². The van der Waals surface area contributed by atoms with Gasteiger partial charge in [-0.1, -0.05) is 6.07 Å². The lowest BCUT2D eigenvalue weighted by Gasteiger charge is -2.29. The van der Waals surface area contributed by atoms with Crippen LogP contribution in [-0.4, -0.2) is 31.8 Å². The van der Waals surface area contributed by atoms with Gasteiger partial charge < -0.3 is 24.6 Å². The minimum atomic E-state index is -0.948. The number of ether oxygens (including phenoxy) is 1. The average Bonchev–Trinajstić information content (AvgIpc) is 3.70. The third kappa shape index (κ3) is 4.63. The summed E-state index contributed by atoms with van der Waals surface area (Å²) in [5.41, 5.74) is 3.96. The average molecular weight is 525 g/mol. The molecule has 8 heteroatoms. The standard InChI is InChI=1S/C30H28N4O3S/c35-29(36)20-10-12-21(13-11-20)33-19-5-9-26(33)28-27(25-8-3-4-18-31-25)32-30(38)34(28)22-14-16-24(17-15-22)37-23-6-1-2-7-23/h3-5,8-19,23,27-28H,1-2,6-7H2,(H,32,38)(H,35,36). The van der Waals surface area contributed by atoms with Crippen LogP contribution in [0.25, 0.3) is 5.69 Å². The number of aromatic nitrogens is 2. The molecule has 2 atom stereocenters. The molecule has 0 amide bonds. The van der Waals surface area contributed by atoms with E-state index in [1.54, 1.807) is 18.3 Å². The number of anilines is 1. The van der Waals surface area contributed by atoms with E-state index in [0.717, 1.165) is 41.4 Å². The van der Waals surface area contributed by atoms with Gasteiger partial charge in [0.15, 0.2) is 5.11 Å². The molecule has 1 saturated carbocycles. The molecule has 2 fully saturated rings. The molecule has 1 saturated heterocycles. The monoisotopic (exact) mass is 524 g/mol. The minimum Gasteiger partial charge on any atom is -0.490 e. The molecule has 4 aromatic rings. The van der Waals surface area contributed by atoms with Crippen molar-refractivity contribution in [2.24, 2.45) is 0 Å². The maximum Gasteiger partial charge on any atom is 0.335 e. The summed E-state index contributed by atoms with van der Waals surface area (Å²) >= 11 is 5.89. The summed E-state index contributed by atoms with van der Waals surface area (Å²) in [6, 6.07) is 24.6. The van der Waals surface area contributed by atoms with Crippen LogP contribution in [0.4, 0.5) is 5.69 Å². The van der Waals surface area contributed by atoms with Gasteiger partial charge in [-0.15, -0.1) is 0 Å². The second-order valence-corrected chi connectivity index (χ2v) is 10.1. The van der Waals surface area contributed by atoms with Gasteiger partial charge in [0.1, 0.15) is 11.8 Å². The molecule has 2 unspecified atom stereocenters. The molecular weight excluding hydrogens is 496 g/mol. The molecule has 38 heavy (non-hydrogen) atoms. The molecule has 0 radical (unpaired) electrons. The lowest BCUT2D eigenvalue weighted by atomic mass is 10.0. The van der Waals surface area contributed by atoms with E-state index in [0.29, 0.717) is 11.2 Å². The molecule has 7 nitrogen and oxygen atoms in total. The number of nitrogens with zero attached hydrogens (tertiary/aromatic N) is 3. The Labute approximate surface area is 226 Å². The number of nitrogens with one attached hydrogen (secondary N) is 1. The van der Waals surface area contributed by atoms with Crippen LogP contribution in [0, 0.1) is 0 Å². The number of carboxylic acids is 1. The Kier molecular flexibility index (Phi) is 6.55. The Hall–Kier alpha value is -4.17. The summed E-state index contributed by atoms with van der Waals surface area (Å²) in [7, 11) is 0. The van der Waals surface area contributed by atoms with Crippen molar-refractivity contribution in [3.63, 3.8) is 0 Å². The lowest BCUT2D eigenvalue weighted by molar-refractivity contribution is 0.0697. The minimum absolute atomic E-state index is 0.190. The van der Waals surface area contributed by atoms with Crippen molar-refractivity contribution in [1.82, 2.24) is 14.9 Å². The topological polar surface area (TPSA) is 79.6 Å². The predicted molar refractivity (Wildman–Crippen MR) is 150 cm³/mol. The maximum atomic E-state index is 11.4. The van der Waals surface area contributed by atoms with Gasteiger partial charge in [0.25, 0.3) is 0 Å². The normalized spacial score (nSPS) is 19.5. The molecule has 0 spiro atoms. The number of hydrogen-bond donors (Lipinski definition) is 2. The molecule has 192 valence electrons. The van der Waals surface area contributed by atoms with E-state index in [2.05, 4.69) is 38.0 Å². The molecule has 0 bridgehead atoms. The molecule has 1 aliphatic carbocycles. The van der Waals surface area contributed by atoms with Crippen molar-refractivity contribution in [2.75, 3.05) is 4.90 Å². The van der Waals surface area contributed by atoms with E-state index in [1.165, 1.54) is 12.8 Å². The summed E-state index contributed by atoms with van der Waals surface area (Å²) < 4.78 is 8.27. The first-order chi connectivity index (χ1) is 18.6. The van der Waals surface area contributed by atoms with Crippen LogP contribution >= 0.6 is 12.2 Å². The smallest absolute Gasteiger partial charge is 0.335 e. The fraction of sp³-hybridized carbons (Fsp3) is 0.233. The quantitative estimate of drug-likeness (QED) is 0.284. The van der Waals surface area contributed by atoms with Crippen molar-refractivity contribution in [3.8, 4) is 11.4 Å². The third-order valence-corrected chi connectivity index (χ3v) is 7.61. The highest BCUT2D eigenvalue weighted by molar-refractivity contribution is 7.80. The number of pyridine rings is 1. The number of hydrogen-bond acceptors (Lipinski definition) is 4. The summed E-state index contributed by atoms with van der Waals surface area (Å²) in [6.45, 7) is 0. The summed E-state index contributed by atoms with van der Waals surface area (Å²) in [5.74, 6) is -0.0742. The molecule has 1 aliphatic heterocycles. The fourth-order valence-corrected chi connectivity index (χ4v) is 5.80. The van der Waals surface area contributed by atoms with Gasteiger partial charge in [-0.2, -0.15) is 0 Å². The van der Waals surface area contributed by atoms with Crippen LogP contribution in [0.2, 0.25) is 0 Å². The number of carbonyl (C=O) groups is 1. The summed E-state index contributed by atoms with van der Waals surface area (Å²) in [5, 5.41) is 13.5. The molecule has 2 aliphatic rings. The van der Waals surface area contributed by atoms with E-state index in [-0.39, 0.29) is 17.6 Å². The maximum absolute atomic E-state index is 11.4. The van der Waals surface area contributed by atoms with Gasteiger partial charge in [0.05, 0.1) is 23.4 Å². The molecule has 2 aromatic heterocycles. The second kappa shape index (κ2) is 10.3. The Morgan fingerprint density at radius 1 is 0.947 bits per heavy atom. The Morgan fingerprint density at radius 3 is 2.37 bits per heavy atom. The first kappa shape index (κ1) is 24.2. The molecule has 3 heterocycles. The largest absolute Gasteiger partial charge is 0.490 e. The number of carboxylic acid groups (broad SMARTS) is 1. The zero-order chi connectivity index (χ0) is 26.1. The first-order valence-corrected chi connectivity index (χ1v) is 13.3. The molecule has 2 aromatic carbocycles. The van der Waals surface area contributed by atoms with Crippen LogP contribution in [-0.2, 0) is 0 Å². The lowest BCUT2D eigenvalue weighted by Crippen LogP contribution is -2.30.